The first-order valence-electron chi connectivity index (χ1n) is 26.0. The zero-order valence-corrected chi connectivity index (χ0v) is 40.6. The number of hydrogen-bond acceptors (Lipinski definition) is 0. The van der Waals surface area contributed by atoms with Crippen LogP contribution in [0.4, 0.5) is 0 Å². The quantitative estimate of drug-likeness (QED) is 0.152. The van der Waals surface area contributed by atoms with Gasteiger partial charge in [-0.1, -0.05) is 208 Å². The molecule has 0 bridgehead atoms. The molecule has 0 aliphatic heterocycles. The molecule has 0 saturated heterocycles. The number of rotatable bonds is 2. The van der Waals surface area contributed by atoms with Gasteiger partial charge >= 0.3 is 0 Å². The van der Waals surface area contributed by atoms with Gasteiger partial charge in [0.2, 0.25) is 0 Å². The molecule has 73 heavy (non-hydrogen) atoms. The van der Waals surface area contributed by atoms with E-state index in [4.69, 9.17) is 0 Å². The normalized spacial score (nSPS) is 15.3. The Morgan fingerprint density at radius 1 is 0.192 bits per heavy atom. The maximum absolute atomic E-state index is 2.52. The first kappa shape index (κ1) is 39.8. The summed E-state index contributed by atoms with van der Waals surface area (Å²) in [6.45, 7) is 4.85. The molecule has 0 N–H and O–H groups in total. The molecule has 0 aromatic heterocycles. The second kappa shape index (κ2) is 13.8. The third-order valence-corrected chi connectivity index (χ3v) is 18.2. The lowest BCUT2D eigenvalue weighted by molar-refractivity contribution is 0.661. The van der Waals surface area contributed by atoms with Gasteiger partial charge in [0.25, 0.3) is 0 Å². The van der Waals surface area contributed by atoms with Crippen LogP contribution in [0.15, 0.2) is 243 Å². The molecule has 0 atom stereocenters. The standard InChI is InChI=1S/C73H46/c1-71(2)67-39-45(47-30-33-58-56-20-8-14-26-66(56)73(70(58)41-47)63-23-11-5-17-53(63)54-18-6-12-24-64(54)73)31-34-59(67)60-38-49-36-44-28-27-43(35-48(44)37-50(49)42-68(60)71)46-29-32-57-55-19-7-13-25-65(55)72(69(57)40-46)61-21-9-3-15-51(61)52-16-4-10-22-62(52)72/h3-42H,1-2H3. The molecule has 0 heterocycles. The van der Waals surface area contributed by atoms with E-state index in [2.05, 4.69) is 257 Å². The van der Waals surface area contributed by atoms with Crippen molar-refractivity contribution in [3.05, 3.63) is 298 Å². The predicted molar refractivity (Wildman–Crippen MR) is 302 cm³/mol. The van der Waals surface area contributed by atoms with Crippen LogP contribution in [0.5, 0.6) is 0 Å². The first-order valence-corrected chi connectivity index (χ1v) is 26.0. The van der Waals surface area contributed by atoms with Crippen molar-refractivity contribution in [3.8, 4) is 77.9 Å². The molecule has 17 rings (SSSR count). The van der Waals surface area contributed by atoms with Crippen LogP contribution in [-0.4, -0.2) is 0 Å². The Hall–Kier alpha value is -8.84. The van der Waals surface area contributed by atoms with Crippen LogP contribution in [0, 0.1) is 0 Å². The number of benzene rings is 12. The van der Waals surface area contributed by atoms with Gasteiger partial charge in [-0.2, -0.15) is 0 Å². The zero-order valence-electron chi connectivity index (χ0n) is 40.6. The van der Waals surface area contributed by atoms with Gasteiger partial charge < -0.3 is 0 Å². The van der Waals surface area contributed by atoms with Crippen LogP contribution in [0.25, 0.3) is 99.4 Å². The third-order valence-electron chi connectivity index (χ3n) is 18.2. The lowest BCUT2D eigenvalue weighted by Crippen LogP contribution is -2.25. The van der Waals surface area contributed by atoms with Gasteiger partial charge in [-0.15, -0.1) is 0 Å². The van der Waals surface area contributed by atoms with Crippen LogP contribution in [0.1, 0.15) is 69.5 Å². The summed E-state index contributed by atoms with van der Waals surface area (Å²) in [5, 5.41) is 5.09. The van der Waals surface area contributed by atoms with Crippen molar-refractivity contribution < 1.29 is 0 Å². The fourth-order valence-electron chi connectivity index (χ4n) is 15.1. The van der Waals surface area contributed by atoms with Crippen molar-refractivity contribution in [1.29, 1.82) is 0 Å². The highest BCUT2D eigenvalue weighted by Gasteiger charge is 2.53. The van der Waals surface area contributed by atoms with Crippen LogP contribution >= 0.6 is 0 Å². The first-order chi connectivity index (χ1) is 35.9. The minimum atomic E-state index is -0.363. The Kier molecular flexibility index (Phi) is 7.51. The van der Waals surface area contributed by atoms with Crippen molar-refractivity contribution >= 4 is 21.5 Å². The fourth-order valence-corrected chi connectivity index (χ4v) is 15.1. The van der Waals surface area contributed by atoms with Gasteiger partial charge in [0, 0.05) is 5.41 Å². The average Bonchev–Trinajstić information content (AvgIpc) is 4.21. The second-order valence-electron chi connectivity index (χ2n) is 21.8. The Morgan fingerprint density at radius 2 is 0.479 bits per heavy atom. The maximum Gasteiger partial charge on any atom is 0.0725 e. The zero-order chi connectivity index (χ0) is 48.0. The van der Waals surface area contributed by atoms with E-state index in [9.17, 15) is 0 Å². The minimum Gasteiger partial charge on any atom is -0.0619 e. The van der Waals surface area contributed by atoms with E-state index in [1.54, 1.807) is 0 Å². The molecular weight excluding hydrogens is 877 g/mol. The molecule has 12 aromatic carbocycles. The van der Waals surface area contributed by atoms with Crippen LogP contribution < -0.4 is 0 Å². The topological polar surface area (TPSA) is 0 Å². The fraction of sp³-hybridized carbons (Fsp3) is 0.0685. The maximum atomic E-state index is 2.52. The summed E-state index contributed by atoms with van der Waals surface area (Å²) < 4.78 is 0. The van der Waals surface area contributed by atoms with Crippen molar-refractivity contribution in [3.63, 3.8) is 0 Å². The molecule has 0 fully saturated rings. The molecule has 0 heteroatoms. The molecule has 0 saturated carbocycles. The van der Waals surface area contributed by atoms with E-state index in [1.165, 1.54) is 155 Å². The minimum absolute atomic E-state index is 0.182. The largest absolute Gasteiger partial charge is 0.0725 e. The van der Waals surface area contributed by atoms with Gasteiger partial charge in [-0.25, -0.2) is 0 Å². The molecule has 0 unspecified atom stereocenters. The van der Waals surface area contributed by atoms with E-state index in [0.29, 0.717) is 0 Å². The van der Waals surface area contributed by atoms with E-state index in [0.717, 1.165) is 0 Å². The molecule has 0 amide bonds. The van der Waals surface area contributed by atoms with E-state index in [-0.39, 0.29) is 16.2 Å². The highest BCUT2D eigenvalue weighted by Crippen LogP contribution is 2.65. The highest BCUT2D eigenvalue weighted by molar-refractivity contribution is 6.04. The lowest BCUT2D eigenvalue weighted by Gasteiger charge is -2.30. The molecule has 0 radical (unpaired) electrons. The van der Waals surface area contributed by atoms with Gasteiger partial charge in [-0.05, 0) is 204 Å². The Labute approximate surface area is 425 Å². The number of hydrogen-bond donors (Lipinski definition) is 0. The smallest absolute Gasteiger partial charge is 0.0619 e. The average molecular weight is 923 g/mol. The molecule has 338 valence electrons. The van der Waals surface area contributed by atoms with E-state index in [1.807, 2.05) is 0 Å². The molecule has 0 nitrogen and oxygen atoms in total. The van der Waals surface area contributed by atoms with Crippen molar-refractivity contribution in [2.45, 2.75) is 30.1 Å². The van der Waals surface area contributed by atoms with Gasteiger partial charge in [0.1, 0.15) is 0 Å². The summed E-state index contributed by atoms with van der Waals surface area (Å²) in [4.78, 5) is 0. The van der Waals surface area contributed by atoms with Crippen LogP contribution in [0.2, 0.25) is 0 Å². The van der Waals surface area contributed by atoms with Gasteiger partial charge in [0.15, 0.2) is 0 Å². The van der Waals surface area contributed by atoms with Gasteiger partial charge in [-0.3, -0.25) is 0 Å². The summed E-state index contributed by atoms with van der Waals surface area (Å²) in [6.07, 6.45) is 0. The predicted octanol–water partition coefficient (Wildman–Crippen LogP) is 18.3. The Balaban J connectivity index is 0.762. The van der Waals surface area contributed by atoms with Gasteiger partial charge in [0.05, 0.1) is 10.8 Å². The lowest BCUT2D eigenvalue weighted by atomic mass is 9.70. The summed E-state index contributed by atoms with van der Waals surface area (Å²) in [7, 11) is 0. The summed E-state index contributed by atoms with van der Waals surface area (Å²) in [6, 6.07) is 93.2. The Morgan fingerprint density at radius 3 is 0.904 bits per heavy atom. The molecule has 2 spiro atoms. The van der Waals surface area contributed by atoms with E-state index >= 15 is 0 Å². The van der Waals surface area contributed by atoms with Crippen molar-refractivity contribution in [2.75, 3.05) is 0 Å². The van der Waals surface area contributed by atoms with Crippen LogP contribution in [0.3, 0.4) is 0 Å². The third kappa shape index (κ3) is 4.83. The monoisotopic (exact) mass is 922 g/mol. The molecule has 5 aliphatic carbocycles. The van der Waals surface area contributed by atoms with Crippen molar-refractivity contribution in [1.82, 2.24) is 0 Å². The summed E-state index contributed by atoms with van der Waals surface area (Å²) in [5.74, 6) is 0. The van der Waals surface area contributed by atoms with Crippen molar-refractivity contribution in [2.24, 2.45) is 0 Å². The number of fused-ring (bicyclic) bond motifs is 25. The van der Waals surface area contributed by atoms with Crippen LogP contribution in [-0.2, 0) is 16.2 Å². The van der Waals surface area contributed by atoms with E-state index < -0.39 is 0 Å². The summed E-state index contributed by atoms with van der Waals surface area (Å²) >= 11 is 0. The SMILES string of the molecule is CC1(C)c2cc(-c3ccc4c(c3)C3(c5ccccc5-c5ccccc53)c3ccccc3-4)ccc2-c2cc3cc4ccc(-c5ccc6c(c5)C5(c7ccccc7-c7ccccc75)c5ccccc5-6)cc4cc3cc21. The highest BCUT2D eigenvalue weighted by atomic mass is 14.5. The second-order valence-corrected chi connectivity index (χ2v) is 21.8. The summed E-state index contributed by atoms with van der Waals surface area (Å²) in [5.41, 5.74) is 31.3. The molecule has 5 aliphatic rings. The molecular formula is C73H46. The molecule has 12 aromatic rings. The Bertz CT molecular complexity index is 4350.